The number of hydrogen-bond acceptors (Lipinski definition) is 3. The minimum absolute atomic E-state index is 0.0594. The fraction of sp³-hybridized carbons (Fsp3) is 0.800. The fourth-order valence-corrected chi connectivity index (χ4v) is 5.85. The molecule has 0 radical (unpaired) electrons. The molecule has 0 spiro atoms. The summed E-state index contributed by atoms with van der Waals surface area (Å²) in [7, 11) is 0. The highest BCUT2D eigenvalue weighted by Crippen LogP contribution is 2.62. The molecule has 1 atom stereocenters. The van der Waals surface area contributed by atoms with Crippen molar-refractivity contribution in [1.29, 1.82) is 0 Å². The molecule has 4 heteroatoms. The van der Waals surface area contributed by atoms with Crippen LogP contribution in [0.1, 0.15) is 59.3 Å². The molecule has 0 aromatic heterocycles. The van der Waals surface area contributed by atoms with Gasteiger partial charge in [-0.3, -0.25) is 9.59 Å². The van der Waals surface area contributed by atoms with Crippen LogP contribution < -0.4 is 5.32 Å². The molecule has 1 unspecified atom stereocenters. The third-order valence-electron chi connectivity index (χ3n) is 6.87. The van der Waals surface area contributed by atoms with Crippen molar-refractivity contribution in [2.45, 2.75) is 64.9 Å². The largest absolute Gasteiger partial charge is 0.457 e. The van der Waals surface area contributed by atoms with Crippen LogP contribution in [0.2, 0.25) is 0 Å². The lowest BCUT2D eigenvalue weighted by Crippen LogP contribution is -2.63. The van der Waals surface area contributed by atoms with E-state index in [-0.39, 0.29) is 24.0 Å². The molecule has 0 aromatic rings. The van der Waals surface area contributed by atoms with Crippen molar-refractivity contribution in [3.63, 3.8) is 0 Å². The molecule has 0 aliphatic heterocycles. The highest BCUT2D eigenvalue weighted by Gasteiger charge is 2.61. The van der Waals surface area contributed by atoms with E-state index < -0.39 is 0 Å². The Morgan fingerprint density at radius 1 is 1.17 bits per heavy atom. The zero-order valence-electron chi connectivity index (χ0n) is 15.3. The molecule has 0 heterocycles. The van der Waals surface area contributed by atoms with Crippen molar-refractivity contribution >= 4 is 11.9 Å². The number of ether oxygens (including phenoxy) is 1. The van der Waals surface area contributed by atoms with Gasteiger partial charge < -0.3 is 10.1 Å². The quantitative estimate of drug-likeness (QED) is 0.598. The Morgan fingerprint density at radius 2 is 1.71 bits per heavy atom. The van der Waals surface area contributed by atoms with Gasteiger partial charge in [-0.05, 0) is 75.0 Å². The van der Waals surface area contributed by atoms with Gasteiger partial charge >= 0.3 is 5.97 Å². The highest BCUT2D eigenvalue weighted by molar-refractivity contribution is 5.94. The fourth-order valence-electron chi connectivity index (χ4n) is 5.85. The minimum Gasteiger partial charge on any atom is -0.457 e. The van der Waals surface area contributed by atoms with Crippen molar-refractivity contribution in [2.75, 3.05) is 6.54 Å². The molecule has 1 N–H and O–H groups in total. The maximum absolute atomic E-state index is 12.5. The summed E-state index contributed by atoms with van der Waals surface area (Å²) in [6.07, 6.45) is 7.25. The summed E-state index contributed by atoms with van der Waals surface area (Å²) >= 11 is 0. The third-order valence-corrected chi connectivity index (χ3v) is 6.87. The molecule has 0 aromatic carbocycles. The van der Waals surface area contributed by atoms with Crippen LogP contribution in [0.4, 0.5) is 0 Å². The summed E-state index contributed by atoms with van der Waals surface area (Å²) in [6.45, 7) is 9.60. The Balaban J connectivity index is 1.74. The van der Waals surface area contributed by atoms with Crippen LogP contribution in [0.15, 0.2) is 12.2 Å². The average Bonchev–Trinajstić information content (AvgIpc) is 2.54. The third kappa shape index (κ3) is 2.89. The lowest BCUT2D eigenvalue weighted by atomic mass is 9.47. The molecule has 4 fully saturated rings. The molecule has 1 amide bonds. The molecule has 4 rings (SSSR count). The van der Waals surface area contributed by atoms with E-state index in [1.54, 1.807) is 6.92 Å². The first-order valence-corrected chi connectivity index (χ1v) is 9.52. The number of carbonyl (C=O) groups excluding carboxylic acids is 2. The van der Waals surface area contributed by atoms with Gasteiger partial charge in [0.1, 0.15) is 12.1 Å². The van der Waals surface area contributed by atoms with E-state index in [9.17, 15) is 9.59 Å². The molecule has 4 aliphatic rings. The number of rotatable bonds is 6. The lowest BCUT2D eigenvalue weighted by molar-refractivity contribution is -0.226. The van der Waals surface area contributed by atoms with Crippen molar-refractivity contribution in [2.24, 2.45) is 29.6 Å². The minimum atomic E-state index is -0.312. The number of esters is 1. The Morgan fingerprint density at radius 3 is 2.17 bits per heavy atom. The van der Waals surface area contributed by atoms with Crippen molar-refractivity contribution < 1.29 is 14.3 Å². The van der Waals surface area contributed by atoms with Gasteiger partial charge in [-0.15, -0.1) is 0 Å². The molecular formula is C20H31NO3. The maximum Gasteiger partial charge on any atom is 0.325 e. The molecular weight excluding hydrogens is 302 g/mol. The molecule has 4 saturated carbocycles. The monoisotopic (exact) mass is 333 g/mol. The van der Waals surface area contributed by atoms with Crippen molar-refractivity contribution in [1.82, 2.24) is 5.32 Å². The standard InChI is InChI=1S/C20H31NO3/c1-5-13(4)20(24-18(22)11-21-19(23)12(2)3)16-7-14-6-15(9-16)10-17(20)8-14/h13-17H,2,5-11H2,1,3-4H3,(H,21,23). The van der Waals surface area contributed by atoms with Gasteiger partial charge in [-0.1, -0.05) is 20.4 Å². The van der Waals surface area contributed by atoms with Crippen molar-refractivity contribution in [3.05, 3.63) is 12.2 Å². The molecule has 24 heavy (non-hydrogen) atoms. The van der Waals surface area contributed by atoms with Gasteiger partial charge in [-0.2, -0.15) is 0 Å². The normalized spacial score (nSPS) is 37.8. The summed E-state index contributed by atoms with van der Waals surface area (Å²) in [5, 5.41) is 2.62. The van der Waals surface area contributed by atoms with Gasteiger partial charge in [0.25, 0.3) is 0 Å². The second-order valence-electron chi connectivity index (χ2n) is 8.40. The zero-order chi connectivity index (χ0) is 17.5. The topological polar surface area (TPSA) is 55.4 Å². The van der Waals surface area contributed by atoms with Gasteiger partial charge in [0.05, 0.1) is 0 Å². The number of carbonyl (C=O) groups is 2. The van der Waals surface area contributed by atoms with E-state index in [0.29, 0.717) is 23.3 Å². The Bertz CT molecular complexity index is 511. The maximum atomic E-state index is 12.5. The molecule has 134 valence electrons. The first-order valence-electron chi connectivity index (χ1n) is 9.52. The van der Waals surface area contributed by atoms with Crippen molar-refractivity contribution in [3.8, 4) is 0 Å². The Hall–Kier alpha value is -1.32. The first-order chi connectivity index (χ1) is 11.4. The van der Waals surface area contributed by atoms with Crippen LogP contribution in [-0.2, 0) is 14.3 Å². The molecule has 4 aliphatic carbocycles. The van der Waals surface area contributed by atoms with Gasteiger partial charge in [0.2, 0.25) is 5.91 Å². The van der Waals surface area contributed by atoms with Gasteiger partial charge in [0.15, 0.2) is 0 Å². The number of hydrogen-bond donors (Lipinski definition) is 1. The molecule has 0 saturated heterocycles. The predicted octanol–water partition coefficient (Wildman–Crippen LogP) is 3.46. The van der Waals surface area contributed by atoms with E-state index in [4.69, 9.17) is 4.74 Å². The Kier molecular flexibility index (Phi) is 4.76. The van der Waals surface area contributed by atoms with Crippen LogP contribution in [0, 0.1) is 29.6 Å². The SMILES string of the molecule is C=C(C)C(=O)NCC(=O)OC1(C(C)CC)C2CC3CC(C2)CC1C3. The summed E-state index contributed by atoms with van der Waals surface area (Å²) < 4.78 is 6.21. The van der Waals surface area contributed by atoms with E-state index in [1.165, 1.54) is 32.1 Å². The van der Waals surface area contributed by atoms with Crippen LogP contribution in [-0.4, -0.2) is 24.0 Å². The first kappa shape index (κ1) is 17.5. The molecule has 4 bridgehead atoms. The predicted molar refractivity (Wildman–Crippen MR) is 93.1 cm³/mol. The molecule has 4 nitrogen and oxygen atoms in total. The summed E-state index contributed by atoms with van der Waals surface area (Å²) in [5.41, 5.74) is 0.0989. The smallest absolute Gasteiger partial charge is 0.325 e. The van der Waals surface area contributed by atoms with Crippen LogP contribution in [0.3, 0.4) is 0 Å². The Labute approximate surface area is 145 Å². The van der Waals surface area contributed by atoms with E-state index in [2.05, 4.69) is 25.7 Å². The summed E-state index contributed by atoms with van der Waals surface area (Å²) in [4.78, 5) is 24.2. The summed E-state index contributed by atoms with van der Waals surface area (Å²) in [6, 6.07) is 0. The van der Waals surface area contributed by atoms with Gasteiger partial charge in [-0.25, -0.2) is 0 Å². The van der Waals surface area contributed by atoms with Crippen LogP contribution in [0.5, 0.6) is 0 Å². The van der Waals surface area contributed by atoms with Crippen LogP contribution >= 0.6 is 0 Å². The average molecular weight is 333 g/mol. The summed E-state index contributed by atoms with van der Waals surface area (Å²) in [5.74, 6) is 2.48. The highest BCUT2D eigenvalue weighted by atomic mass is 16.6. The lowest BCUT2D eigenvalue weighted by Gasteiger charge is -2.62. The number of nitrogens with one attached hydrogen (secondary N) is 1. The number of amides is 1. The van der Waals surface area contributed by atoms with Crippen LogP contribution in [0.25, 0.3) is 0 Å². The van der Waals surface area contributed by atoms with E-state index in [1.807, 2.05) is 0 Å². The van der Waals surface area contributed by atoms with E-state index >= 15 is 0 Å². The second-order valence-corrected chi connectivity index (χ2v) is 8.40. The zero-order valence-corrected chi connectivity index (χ0v) is 15.3. The van der Waals surface area contributed by atoms with Gasteiger partial charge in [0, 0.05) is 5.57 Å². The second kappa shape index (κ2) is 6.53. The van der Waals surface area contributed by atoms with E-state index in [0.717, 1.165) is 18.3 Å².